The molecule has 6 nitrogen and oxygen atoms in total. The smallest absolute Gasteiger partial charge is 0.307 e. The van der Waals surface area contributed by atoms with E-state index in [9.17, 15) is 9.59 Å². The highest BCUT2D eigenvalue weighted by molar-refractivity contribution is 5.78. The summed E-state index contributed by atoms with van der Waals surface area (Å²) in [4.78, 5) is 28.7. The lowest BCUT2D eigenvalue weighted by molar-refractivity contribution is -0.157. The van der Waals surface area contributed by atoms with E-state index in [1.165, 1.54) is 0 Å². The molecule has 0 aromatic heterocycles. The Morgan fingerprint density at radius 3 is 1.30 bits per heavy atom. The van der Waals surface area contributed by atoms with Gasteiger partial charge in [0, 0.05) is 13.1 Å². The average Bonchev–Trinajstić information content (AvgIpc) is 2.72. The first-order valence-electron chi connectivity index (χ1n) is 10.1. The number of carbonyl (C=O) groups excluding carboxylic acids is 2. The average molecular weight is 413 g/mol. The molecule has 0 aliphatic rings. The van der Waals surface area contributed by atoms with Crippen LogP contribution in [0.2, 0.25) is 0 Å². The van der Waals surface area contributed by atoms with Gasteiger partial charge in [0.1, 0.15) is 12.2 Å². The van der Waals surface area contributed by atoms with Crippen molar-refractivity contribution < 1.29 is 19.1 Å². The van der Waals surface area contributed by atoms with E-state index in [1.54, 1.807) is 0 Å². The van der Waals surface area contributed by atoms with E-state index in [2.05, 4.69) is 0 Å². The fourth-order valence-electron chi connectivity index (χ4n) is 3.06. The van der Waals surface area contributed by atoms with E-state index in [0.29, 0.717) is 13.1 Å². The van der Waals surface area contributed by atoms with Gasteiger partial charge in [-0.05, 0) is 39.3 Å². The molecule has 6 heteroatoms. The predicted molar refractivity (Wildman–Crippen MR) is 117 cm³/mol. The lowest BCUT2D eigenvalue weighted by Crippen LogP contribution is -2.26. The first kappa shape index (κ1) is 23.6. The van der Waals surface area contributed by atoms with Crippen LogP contribution in [-0.4, -0.2) is 63.0 Å². The van der Waals surface area contributed by atoms with Crippen LogP contribution in [0.4, 0.5) is 0 Å². The number of nitrogens with zero attached hydrogens (tertiary/aromatic N) is 2. The molecule has 0 fully saturated rings. The Morgan fingerprint density at radius 1 is 0.667 bits per heavy atom. The summed E-state index contributed by atoms with van der Waals surface area (Å²) in [5.41, 5.74) is 1.86. The summed E-state index contributed by atoms with van der Waals surface area (Å²) in [6, 6.07) is 19.2. The molecule has 0 radical (unpaired) electrons. The van der Waals surface area contributed by atoms with Gasteiger partial charge in [-0.2, -0.15) is 0 Å². The highest BCUT2D eigenvalue weighted by Crippen LogP contribution is 2.21. The third kappa shape index (κ3) is 8.35. The van der Waals surface area contributed by atoms with Crippen LogP contribution < -0.4 is 0 Å². The van der Waals surface area contributed by atoms with Crippen LogP contribution in [0.25, 0.3) is 0 Å². The lowest BCUT2D eigenvalue weighted by Gasteiger charge is -2.23. The third-order valence-corrected chi connectivity index (χ3v) is 4.49. The topological polar surface area (TPSA) is 59.1 Å². The van der Waals surface area contributed by atoms with Crippen molar-refractivity contribution in [2.24, 2.45) is 0 Å². The first-order valence-corrected chi connectivity index (χ1v) is 10.1. The van der Waals surface area contributed by atoms with E-state index in [0.717, 1.165) is 11.1 Å². The highest BCUT2D eigenvalue weighted by atomic mass is 16.6. The summed E-state index contributed by atoms with van der Waals surface area (Å²) >= 11 is 0. The Kier molecular flexibility index (Phi) is 9.51. The standard InChI is InChI=1S/C24H32N2O4/c1-25(2)17-21(19-11-7-5-8-12-19)29-23(27)15-16-24(28)30-22(18-26(3)4)20-13-9-6-10-14-20/h5-14,21-22H,15-18H2,1-4H3. The number of esters is 2. The van der Waals surface area contributed by atoms with Crippen LogP contribution in [0.3, 0.4) is 0 Å². The minimum Gasteiger partial charge on any atom is -0.456 e. The summed E-state index contributed by atoms with van der Waals surface area (Å²) in [6.07, 6.45) is -0.788. The fourth-order valence-corrected chi connectivity index (χ4v) is 3.06. The summed E-state index contributed by atoms with van der Waals surface area (Å²) in [5, 5.41) is 0. The van der Waals surface area contributed by atoms with Crippen LogP contribution >= 0.6 is 0 Å². The molecule has 2 atom stereocenters. The zero-order valence-corrected chi connectivity index (χ0v) is 18.3. The van der Waals surface area contributed by atoms with Gasteiger partial charge in [-0.25, -0.2) is 0 Å². The molecule has 162 valence electrons. The van der Waals surface area contributed by atoms with Gasteiger partial charge in [0.05, 0.1) is 12.8 Å². The molecule has 0 N–H and O–H groups in total. The Labute approximate surface area is 179 Å². The summed E-state index contributed by atoms with van der Waals surface area (Å²) in [7, 11) is 7.70. The van der Waals surface area contributed by atoms with Gasteiger partial charge in [0.2, 0.25) is 0 Å². The molecular weight excluding hydrogens is 380 g/mol. The number of ether oxygens (including phenoxy) is 2. The highest BCUT2D eigenvalue weighted by Gasteiger charge is 2.21. The Bertz CT molecular complexity index is 711. The minimum absolute atomic E-state index is 0.0148. The van der Waals surface area contributed by atoms with Gasteiger partial charge >= 0.3 is 11.9 Å². The molecule has 0 heterocycles. The van der Waals surface area contributed by atoms with Gasteiger partial charge in [-0.1, -0.05) is 60.7 Å². The maximum Gasteiger partial charge on any atom is 0.307 e. The van der Waals surface area contributed by atoms with Crippen LogP contribution in [0, 0.1) is 0 Å². The summed E-state index contributed by atoms with van der Waals surface area (Å²) < 4.78 is 11.3. The van der Waals surface area contributed by atoms with Crippen molar-refractivity contribution in [1.29, 1.82) is 0 Å². The molecule has 0 aliphatic carbocycles. The maximum atomic E-state index is 12.4. The van der Waals surface area contributed by atoms with Gasteiger partial charge in [-0.15, -0.1) is 0 Å². The molecule has 0 saturated carbocycles. The molecule has 0 saturated heterocycles. The van der Waals surface area contributed by atoms with Gasteiger partial charge in [0.15, 0.2) is 0 Å². The zero-order valence-electron chi connectivity index (χ0n) is 18.3. The molecule has 2 rings (SSSR count). The molecule has 2 aromatic carbocycles. The predicted octanol–water partition coefficient (Wildman–Crippen LogP) is 3.46. The molecule has 2 aromatic rings. The first-order chi connectivity index (χ1) is 14.3. The van der Waals surface area contributed by atoms with Crippen molar-refractivity contribution in [3.63, 3.8) is 0 Å². The number of rotatable bonds is 11. The van der Waals surface area contributed by atoms with Crippen LogP contribution in [0.1, 0.15) is 36.2 Å². The molecule has 0 amide bonds. The SMILES string of the molecule is CN(C)CC(OC(=O)CCC(=O)OC(CN(C)C)c1ccccc1)c1ccccc1. The van der Waals surface area contributed by atoms with Crippen molar-refractivity contribution in [1.82, 2.24) is 9.80 Å². The Morgan fingerprint density at radius 2 is 1.00 bits per heavy atom. The summed E-state index contributed by atoms with van der Waals surface area (Å²) in [6.45, 7) is 1.14. The largest absolute Gasteiger partial charge is 0.456 e. The van der Waals surface area contributed by atoms with Crippen molar-refractivity contribution in [2.45, 2.75) is 25.0 Å². The molecule has 0 bridgehead atoms. The lowest BCUT2D eigenvalue weighted by atomic mass is 10.1. The number of carbonyl (C=O) groups is 2. The monoisotopic (exact) mass is 412 g/mol. The molecule has 30 heavy (non-hydrogen) atoms. The minimum atomic E-state index is -0.411. The Hall–Kier alpha value is -2.70. The van der Waals surface area contributed by atoms with E-state index in [4.69, 9.17) is 9.47 Å². The van der Waals surface area contributed by atoms with Crippen molar-refractivity contribution in [2.75, 3.05) is 41.3 Å². The fraction of sp³-hybridized carbons (Fsp3) is 0.417. The van der Waals surface area contributed by atoms with Crippen molar-refractivity contribution >= 4 is 11.9 Å². The summed E-state index contributed by atoms with van der Waals surface area (Å²) in [5.74, 6) is -0.821. The number of hydrogen-bond donors (Lipinski definition) is 0. The molecule has 2 unspecified atom stereocenters. The number of hydrogen-bond acceptors (Lipinski definition) is 6. The van der Waals surface area contributed by atoms with Crippen LogP contribution in [0.15, 0.2) is 60.7 Å². The molecular formula is C24H32N2O4. The van der Waals surface area contributed by atoms with Crippen LogP contribution in [-0.2, 0) is 19.1 Å². The maximum absolute atomic E-state index is 12.4. The van der Waals surface area contributed by atoms with E-state index < -0.39 is 11.9 Å². The second-order valence-electron chi connectivity index (χ2n) is 7.80. The van der Waals surface area contributed by atoms with E-state index in [1.807, 2.05) is 98.7 Å². The zero-order chi connectivity index (χ0) is 21.9. The second-order valence-corrected chi connectivity index (χ2v) is 7.80. The van der Waals surface area contributed by atoms with Gasteiger partial charge in [-0.3, -0.25) is 9.59 Å². The Balaban J connectivity index is 1.91. The van der Waals surface area contributed by atoms with Crippen molar-refractivity contribution in [3.05, 3.63) is 71.8 Å². The molecule has 0 aliphatic heterocycles. The van der Waals surface area contributed by atoms with E-state index >= 15 is 0 Å². The number of benzene rings is 2. The van der Waals surface area contributed by atoms with Crippen LogP contribution in [0.5, 0.6) is 0 Å². The quantitative estimate of drug-likeness (QED) is 0.527. The van der Waals surface area contributed by atoms with E-state index in [-0.39, 0.29) is 25.0 Å². The van der Waals surface area contributed by atoms with Gasteiger partial charge < -0.3 is 19.3 Å². The molecule has 0 spiro atoms. The van der Waals surface area contributed by atoms with Crippen molar-refractivity contribution in [3.8, 4) is 0 Å². The third-order valence-electron chi connectivity index (χ3n) is 4.49. The van der Waals surface area contributed by atoms with Gasteiger partial charge in [0.25, 0.3) is 0 Å². The second kappa shape index (κ2) is 12.1. The number of likely N-dealkylation sites (N-methyl/N-ethyl adjacent to an activating group) is 2. The normalized spacial score (nSPS) is 13.1.